The first-order valence-electron chi connectivity index (χ1n) is 5.44. The van der Waals surface area contributed by atoms with Gasteiger partial charge in [-0.25, -0.2) is 0 Å². The second-order valence-corrected chi connectivity index (χ2v) is 3.83. The van der Waals surface area contributed by atoms with E-state index >= 15 is 0 Å². The van der Waals surface area contributed by atoms with Gasteiger partial charge in [0, 0.05) is 11.1 Å². The molecule has 0 saturated heterocycles. The van der Waals surface area contributed by atoms with E-state index in [0.29, 0.717) is 0 Å². The Morgan fingerprint density at radius 1 is 0.895 bits per heavy atom. The minimum atomic E-state index is -1.54. The monoisotopic (exact) mass is 274 g/mol. The third-order valence-electron chi connectivity index (χ3n) is 2.20. The van der Waals surface area contributed by atoms with Crippen LogP contribution < -0.4 is 0 Å². The van der Waals surface area contributed by atoms with Gasteiger partial charge in [-0.3, -0.25) is 9.59 Å². The summed E-state index contributed by atoms with van der Waals surface area (Å²) in [6, 6.07) is 0. The lowest BCUT2D eigenvalue weighted by atomic mass is 10.1. The molecule has 0 aliphatic carbocycles. The van der Waals surface area contributed by atoms with E-state index in [4.69, 9.17) is 25.2 Å². The maximum Gasteiger partial charge on any atom is 0.191 e. The fourth-order valence-corrected chi connectivity index (χ4v) is 1.08. The largest absolute Gasteiger partial charge is 0.393 e. The Bertz CT molecular complexity index is 327. The molecule has 0 heterocycles. The topological polar surface area (TPSA) is 124 Å². The normalized spacial score (nSPS) is 13.7. The highest BCUT2D eigenvalue weighted by Gasteiger charge is 2.19. The number of hydrogen-bond acceptors (Lipinski definition) is 7. The number of aliphatic hydroxyl groups is 4. The molecule has 7 nitrogen and oxygen atoms in total. The lowest BCUT2D eigenvalue weighted by Crippen LogP contribution is -2.29. The van der Waals surface area contributed by atoms with Crippen LogP contribution >= 0.6 is 0 Å². The molecule has 0 spiro atoms. The molecule has 19 heavy (non-hydrogen) atoms. The van der Waals surface area contributed by atoms with Gasteiger partial charge in [0.05, 0.1) is 26.4 Å². The van der Waals surface area contributed by atoms with Gasteiger partial charge < -0.3 is 25.2 Å². The van der Waals surface area contributed by atoms with Crippen molar-refractivity contribution in [1.82, 2.24) is 0 Å². The van der Waals surface area contributed by atoms with E-state index in [9.17, 15) is 9.59 Å². The molecule has 108 valence electrons. The SMILES string of the molecule is C=C(COCC(=C)C(=O)C(O)CO)C(=O)C(O)CO. The van der Waals surface area contributed by atoms with Crippen molar-refractivity contribution in [2.75, 3.05) is 26.4 Å². The molecule has 0 aromatic heterocycles. The van der Waals surface area contributed by atoms with Crippen molar-refractivity contribution in [3.05, 3.63) is 24.3 Å². The zero-order chi connectivity index (χ0) is 15.0. The van der Waals surface area contributed by atoms with Gasteiger partial charge in [-0.05, 0) is 0 Å². The number of aliphatic hydroxyl groups excluding tert-OH is 4. The lowest BCUT2D eigenvalue weighted by Gasteiger charge is -2.11. The van der Waals surface area contributed by atoms with Crippen molar-refractivity contribution < 1.29 is 34.8 Å². The molecular weight excluding hydrogens is 256 g/mol. The van der Waals surface area contributed by atoms with Gasteiger partial charge in [0.1, 0.15) is 12.2 Å². The summed E-state index contributed by atoms with van der Waals surface area (Å²) >= 11 is 0. The van der Waals surface area contributed by atoms with Gasteiger partial charge in [0.25, 0.3) is 0 Å². The predicted octanol–water partition coefficient (Wildman–Crippen LogP) is -2.04. The Morgan fingerprint density at radius 2 is 1.21 bits per heavy atom. The second-order valence-electron chi connectivity index (χ2n) is 3.83. The first-order valence-corrected chi connectivity index (χ1v) is 5.44. The minimum absolute atomic E-state index is 0.0653. The smallest absolute Gasteiger partial charge is 0.191 e. The number of Topliss-reactive ketones (excluding diaryl/α,β-unsaturated/α-hetero) is 2. The molecule has 0 radical (unpaired) electrons. The maximum absolute atomic E-state index is 11.3. The molecule has 0 aromatic carbocycles. The molecular formula is C12H18O7. The van der Waals surface area contributed by atoms with Crippen LogP contribution in [0.1, 0.15) is 0 Å². The van der Waals surface area contributed by atoms with Crippen LogP contribution in [0.4, 0.5) is 0 Å². The van der Waals surface area contributed by atoms with Crippen molar-refractivity contribution in [2.45, 2.75) is 12.2 Å². The zero-order valence-corrected chi connectivity index (χ0v) is 10.4. The summed E-state index contributed by atoms with van der Waals surface area (Å²) in [4.78, 5) is 22.6. The molecule has 0 saturated carbocycles. The van der Waals surface area contributed by atoms with Crippen molar-refractivity contribution in [3.8, 4) is 0 Å². The fraction of sp³-hybridized carbons (Fsp3) is 0.500. The van der Waals surface area contributed by atoms with E-state index in [1.807, 2.05) is 0 Å². The zero-order valence-electron chi connectivity index (χ0n) is 10.4. The van der Waals surface area contributed by atoms with Gasteiger partial charge in [-0.1, -0.05) is 13.2 Å². The summed E-state index contributed by atoms with van der Waals surface area (Å²) < 4.78 is 4.96. The summed E-state index contributed by atoms with van der Waals surface area (Å²) in [5, 5.41) is 35.2. The summed E-state index contributed by atoms with van der Waals surface area (Å²) in [6.45, 7) is 4.80. The van der Waals surface area contributed by atoms with Crippen molar-refractivity contribution >= 4 is 11.6 Å². The van der Waals surface area contributed by atoms with E-state index in [-0.39, 0.29) is 24.4 Å². The molecule has 0 bridgehead atoms. The third-order valence-corrected chi connectivity index (χ3v) is 2.20. The minimum Gasteiger partial charge on any atom is -0.393 e. The Morgan fingerprint density at radius 3 is 1.47 bits per heavy atom. The van der Waals surface area contributed by atoms with Gasteiger partial charge >= 0.3 is 0 Å². The number of rotatable bonds is 10. The van der Waals surface area contributed by atoms with Crippen LogP contribution in [-0.4, -0.2) is 70.6 Å². The first kappa shape index (κ1) is 17.6. The number of carbonyl (C=O) groups is 2. The van der Waals surface area contributed by atoms with Crippen LogP contribution in [0.25, 0.3) is 0 Å². The standard InChI is InChI=1S/C12H18O7/c1-7(11(17)9(15)3-13)5-19-6-8(2)12(18)10(16)4-14/h9-10,13-16H,1-6H2. The fourth-order valence-electron chi connectivity index (χ4n) is 1.08. The van der Waals surface area contributed by atoms with Crippen LogP contribution in [0.5, 0.6) is 0 Å². The predicted molar refractivity (Wildman–Crippen MR) is 65.3 cm³/mol. The maximum atomic E-state index is 11.3. The molecule has 0 aliphatic rings. The van der Waals surface area contributed by atoms with Gasteiger partial charge in [-0.15, -0.1) is 0 Å². The van der Waals surface area contributed by atoms with Crippen LogP contribution in [0.3, 0.4) is 0 Å². The number of ether oxygens (including phenoxy) is 1. The average molecular weight is 274 g/mol. The van der Waals surface area contributed by atoms with Gasteiger partial charge in [-0.2, -0.15) is 0 Å². The highest BCUT2D eigenvalue weighted by molar-refractivity contribution is 5.99. The summed E-state index contributed by atoms with van der Waals surface area (Å²) in [7, 11) is 0. The Labute approximate surface area is 110 Å². The molecule has 7 heteroatoms. The Balaban J connectivity index is 4.10. The van der Waals surface area contributed by atoms with Gasteiger partial charge in [0.15, 0.2) is 11.6 Å². The van der Waals surface area contributed by atoms with Crippen molar-refractivity contribution in [3.63, 3.8) is 0 Å². The molecule has 2 unspecified atom stereocenters. The van der Waals surface area contributed by atoms with Crippen molar-refractivity contribution in [1.29, 1.82) is 0 Å². The molecule has 2 atom stereocenters. The number of hydrogen-bond donors (Lipinski definition) is 4. The van der Waals surface area contributed by atoms with Crippen molar-refractivity contribution in [2.24, 2.45) is 0 Å². The third kappa shape index (κ3) is 5.86. The lowest BCUT2D eigenvalue weighted by molar-refractivity contribution is -0.125. The van der Waals surface area contributed by atoms with Crippen LogP contribution in [0.15, 0.2) is 24.3 Å². The first-order chi connectivity index (χ1) is 8.84. The Kier molecular flexibility index (Phi) is 8.05. The van der Waals surface area contributed by atoms with E-state index in [1.165, 1.54) is 0 Å². The number of ketones is 2. The van der Waals surface area contributed by atoms with E-state index in [0.717, 1.165) is 0 Å². The Hall–Kier alpha value is -1.38. The summed E-state index contributed by atoms with van der Waals surface area (Å²) in [5.74, 6) is -1.51. The number of carbonyl (C=O) groups excluding carboxylic acids is 2. The molecule has 0 aliphatic heterocycles. The molecule has 0 fully saturated rings. The molecule has 4 N–H and O–H groups in total. The summed E-state index contributed by atoms with van der Waals surface area (Å²) in [5.41, 5.74) is -0.131. The molecule has 0 aromatic rings. The van der Waals surface area contributed by atoms with E-state index < -0.39 is 37.0 Å². The molecule has 0 rings (SSSR count). The van der Waals surface area contributed by atoms with E-state index in [1.54, 1.807) is 0 Å². The highest BCUT2D eigenvalue weighted by Crippen LogP contribution is 2.03. The van der Waals surface area contributed by atoms with E-state index in [2.05, 4.69) is 13.2 Å². The summed E-state index contributed by atoms with van der Waals surface area (Å²) in [6.07, 6.45) is -3.09. The van der Waals surface area contributed by atoms with Crippen LogP contribution in [0, 0.1) is 0 Å². The van der Waals surface area contributed by atoms with Crippen LogP contribution in [0.2, 0.25) is 0 Å². The average Bonchev–Trinajstić information content (AvgIpc) is 2.43. The highest BCUT2D eigenvalue weighted by atomic mass is 16.5. The quantitative estimate of drug-likeness (QED) is 0.338. The van der Waals surface area contributed by atoms with Gasteiger partial charge in [0.2, 0.25) is 0 Å². The van der Waals surface area contributed by atoms with Crippen LogP contribution in [-0.2, 0) is 14.3 Å². The molecule has 0 amide bonds. The second kappa shape index (κ2) is 8.68.